The Bertz CT molecular complexity index is 997. The number of allylic oxidation sites excluding steroid dienone is 4. The van der Waals surface area contributed by atoms with Gasteiger partial charge in [0.1, 0.15) is 0 Å². The van der Waals surface area contributed by atoms with Crippen molar-refractivity contribution >= 4 is 11.9 Å². The molecule has 0 aromatic heterocycles. The lowest BCUT2D eigenvalue weighted by molar-refractivity contribution is -0.143. The number of hydrogen-bond acceptors (Lipinski definition) is 5. The monoisotopic (exact) mass is 902 g/mol. The number of rotatable bonds is 53. The third-order valence-corrected chi connectivity index (χ3v) is 13.2. The van der Waals surface area contributed by atoms with E-state index in [0.29, 0.717) is 25.9 Å². The Morgan fingerprint density at radius 3 is 1.25 bits per heavy atom. The summed E-state index contributed by atoms with van der Waals surface area (Å²) < 4.78 is 5.44. The van der Waals surface area contributed by atoms with Crippen LogP contribution >= 0.6 is 0 Å². The van der Waals surface area contributed by atoms with E-state index in [1.807, 2.05) is 0 Å². The van der Waals surface area contributed by atoms with Gasteiger partial charge in [0, 0.05) is 12.8 Å². The number of esters is 1. The van der Waals surface area contributed by atoms with Gasteiger partial charge in [-0.25, -0.2) is 0 Å². The van der Waals surface area contributed by atoms with Crippen molar-refractivity contribution in [1.82, 2.24) is 5.32 Å². The van der Waals surface area contributed by atoms with Crippen LogP contribution in [0.15, 0.2) is 24.3 Å². The Labute approximate surface area is 399 Å². The summed E-state index contributed by atoms with van der Waals surface area (Å²) in [6, 6.07) is -0.560. The first kappa shape index (κ1) is 62.3. The van der Waals surface area contributed by atoms with Crippen molar-refractivity contribution in [2.75, 3.05) is 13.2 Å². The minimum atomic E-state index is -0.681. The number of aliphatic hydroxyl groups is 2. The molecule has 0 rings (SSSR count). The van der Waals surface area contributed by atoms with Crippen molar-refractivity contribution in [1.29, 1.82) is 0 Å². The molecule has 0 bridgehead atoms. The van der Waals surface area contributed by atoms with Crippen molar-refractivity contribution in [3.05, 3.63) is 24.3 Å². The van der Waals surface area contributed by atoms with Gasteiger partial charge in [0.25, 0.3) is 0 Å². The highest BCUT2D eigenvalue weighted by atomic mass is 16.5. The van der Waals surface area contributed by atoms with E-state index in [2.05, 4.69) is 43.5 Å². The number of carbonyl (C=O) groups is 2. The van der Waals surface area contributed by atoms with Gasteiger partial charge < -0.3 is 20.3 Å². The van der Waals surface area contributed by atoms with Crippen LogP contribution in [0.3, 0.4) is 0 Å². The molecule has 0 saturated carbocycles. The van der Waals surface area contributed by atoms with E-state index in [0.717, 1.165) is 70.6 Å². The Balaban J connectivity index is 3.47. The fourth-order valence-electron chi connectivity index (χ4n) is 8.85. The van der Waals surface area contributed by atoms with Gasteiger partial charge in [0.05, 0.1) is 25.4 Å². The van der Waals surface area contributed by atoms with Crippen molar-refractivity contribution in [3.8, 4) is 0 Å². The van der Waals surface area contributed by atoms with Gasteiger partial charge in [-0.3, -0.25) is 9.59 Å². The van der Waals surface area contributed by atoms with Crippen LogP contribution in [0.4, 0.5) is 0 Å². The van der Waals surface area contributed by atoms with E-state index >= 15 is 0 Å². The van der Waals surface area contributed by atoms with Crippen molar-refractivity contribution in [2.45, 2.75) is 321 Å². The van der Waals surface area contributed by atoms with Gasteiger partial charge in [-0.15, -0.1) is 0 Å². The van der Waals surface area contributed by atoms with Gasteiger partial charge in [-0.2, -0.15) is 0 Å². The van der Waals surface area contributed by atoms with Gasteiger partial charge in [-0.1, -0.05) is 269 Å². The molecule has 0 aliphatic carbocycles. The smallest absolute Gasteiger partial charge is 0.305 e. The lowest BCUT2D eigenvalue weighted by atomic mass is 10.0. The van der Waals surface area contributed by atoms with E-state index in [1.54, 1.807) is 0 Å². The van der Waals surface area contributed by atoms with Crippen LogP contribution in [0.5, 0.6) is 0 Å². The van der Waals surface area contributed by atoms with E-state index in [9.17, 15) is 19.8 Å². The molecule has 1 amide bonds. The Hall–Kier alpha value is -1.66. The number of unbranched alkanes of at least 4 members (excludes halogenated alkanes) is 38. The van der Waals surface area contributed by atoms with Gasteiger partial charge in [0.15, 0.2) is 0 Å². The summed E-state index contributed by atoms with van der Waals surface area (Å²) >= 11 is 0. The van der Waals surface area contributed by atoms with Crippen LogP contribution in [0, 0.1) is 0 Å². The third kappa shape index (κ3) is 49.8. The molecule has 0 aliphatic rings. The van der Waals surface area contributed by atoms with Crippen molar-refractivity contribution < 1.29 is 24.5 Å². The molecule has 0 spiro atoms. The summed E-state index contributed by atoms with van der Waals surface area (Å²) in [4.78, 5) is 24.5. The minimum absolute atomic E-state index is 0.0332. The highest BCUT2D eigenvalue weighted by molar-refractivity contribution is 5.76. The molecule has 0 radical (unpaired) electrons. The van der Waals surface area contributed by atoms with E-state index in [-0.39, 0.29) is 18.5 Å². The van der Waals surface area contributed by atoms with Gasteiger partial charge >= 0.3 is 5.97 Å². The van der Waals surface area contributed by atoms with Crippen LogP contribution in [-0.4, -0.2) is 47.4 Å². The largest absolute Gasteiger partial charge is 0.466 e. The molecule has 6 heteroatoms. The fraction of sp³-hybridized carbons (Fsp3) is 0.897. The van der Waals surface area contributed by atoms with Crippen LogP contribution in [0.25, 0.3) is 0 Å². The van der Waals surface area contributed by atoms with Crippen molar-refractivity contribution in [2.24, 2.45) is 0 Å². The number of hydrogen-bond donors (Lipinski definition) is 3. The summed E-state index contributed by atoms with van der Waals surface area (Å²) in [6.07, 6.45) is 64.5. The maximum atomic E-state index is 12.5. The number of amides is 1. The van der Waals surface area contributed by atoms with Crippen LogP contribution in [0.2, 0.25) is 0 Å². The van der Waals surface area contributed by atoms with Crippen LogP contribution in [0.1, 0.15) is 309 Å². The SMILES string of the molecule is CCC/C=C\C/C=C\CCCCCCCC(=O)OCCCCCCCCCCCCC(=O)NC(CO)C(O)CCCCCCCCCCCCCCCCCCCCCCCCCC. The second-order valence-corrected chi connectivity index (χ2v) is 19.6. The number of aliphatic hydroxyl groups excluding tert-OH is 2. The van der Waals surface area contributed by atoms with Crippen molar-refractivity contribution in [3.63, 3.8) is 0 Å². The molecule has 2 unspecified atom stereocenters. The quantitative estimate of drug-likeness (QED) is 0.0321. The normalized spacial score (nSPS) is 12.8. The molecule has 0 aliphatic heterocycles. The Morgan fingerprint density at radius 2 is 0.812 bits per heavy atom. The maximum absolute atomic E-state index is 12.5. The number of ether oxygens (including phenoxy) is 1. The van der Waals surface area contributed by atoms with Crippen LogP contribution in [-0.2, 0) is 14.3 Å². The zero-order chi connectivity index (χ0) is 46.5. The minimum Gasteiger partial charge on any atom is -0.466 e. The standard InChI is InChI=1S/C58H111NO5/c1-3-5-7-9-11-13-15-17-18-19-20-21-22-23-24-25-26-27-29-30-34-38-42-46-50-56(61)55(54-60)59-57(62)51-47-43-39-35-32-33-37-41-45-49-53-64-58(63)52-48-44-40-36-31-28-16-14-12-10-8-6-4-2/h8,10,14,16,55-56,60-61H,3-7,9,11-13,15,17-54H2,1-2H3,(H,59,62)/b10-8-,16-14-. The lowest BCUT2D eigenvalue weighted by Crippen LogP contribution is -2.45. The zero-order valence-corrected chi connectivity index (χ0v) is 43.0. The highest BCUT2D eigenvalue weighted by Crippen LogP contribution is 2.17. The molecule has 0 saturated heterocycles. The molecule has 64 heavy (non-hydrogen) atoms. The first-order valence-corrected chi connectivity index (χ1v) is 28.6. The average molecular weight is 903 g/mol. The first-order valence-electron chi connectivity index (χ1n) is 28.6. The lowest BCUT2D eigenvalue weighted by Gasteiger charge is -2.22. The summed E-state index contributed by atoms with van der Waals surface area (Å²) in [5, 5.41) is 23.3. The summed E-state index contributed by atoms with van der Waals surface area (Å²) in [5.74, 6) is -0.0893. The molecule has 0 aromatic rings. The van der Waals surface area contributed by atoms with E-state index < -0.39 is 12.1 Å². The maximum Gasteiger partial charge on any atom is 0.305 e. The van der Waals surface area contributed by atoms with Gasteiger partial charge in [-0.05, 0) is 51.4 Å². The first-order chi connectivity index (χ1) is 31.5. The predicted molar refractivity (Wildman–Crippen MR) is 278 cm³/mol. The Kier molecular flexibility index (Phi) is 52.6. The Morgan fingerprint density at radius 1 is 0.438 bits per heavy atom. The molecular formula is C58H111NO5. The molecule has 378 valence electrons. The second-order valence-electron chi connectivity index (χ2n) is 19.6. The highest BCUT2D eigenvalue weighted by Gasteiger charge is 2.20. The van der Waals surface area contributed by atoms with E-state index in [1.165, 1.54) is 205 Å². The summed E-state index contributed by atoms with van der Waals surface area (Å²) in [5.41, 5.74) is 0. The molecule has 6 nitrogen and oxygen atoms in total. The summed E-state index contributed by atoms with van der Waals surface area (Å²) in [6.45, 7) is 4.85. The number of nitrogens with one attached hydrogen (secondary N) is 1. The topological polar surface area (TPSA) is 95.9 Å². The molecular weight excluding hydrogens is 791 g/mol. The predicted octanol–water partition coefficient (Wildman–Crippen LogP) is 17.5. The molecule has 2 atom stereocenters. The fourth-order valence-corrected chi connectivity index (χ4v) is 8.85. The average Bonchev–Trinajstić information content (AvgIpc) is 3.29. The summed E-state index contributed by atoms with van der Waals surface area (Å²) in [7, 11) is 0. The van der Waals surface area contributed by atoms with Gasteiger partial charge in [0.2, 0.25) is 5.91 Å². The molecule has 3 N–H and O–H groups in total. The molecule has 0 aromatic carbocycles. The molecule has 0 heterocycles. The third-order valence-electron chi connectivity index (χ3n) is 13.2. The van der Waals surface area contributed by atoms with Crippen LogP contribution < -0.4 is 5.32 Å². The second kappa shape index (κ2) is 54.0. The van der Waals surface area contributed by atoms with E-state index in [4.69, 9.17) is 4.74 Å². The zero-order valence-electron chi connectivity index (χ0n) is 43.0. The number of carbonyl (C=O) groups excluding carboxylic acids is 2. The molecule has 0 fully saturated rings.